The van der Waals surface area contributed by atoms with E-state index in [2.05, 4.69) is 24.3 Å². The zero-order valence-electron chi connectivity index (χ0n) is 20.7. The summed E-state index contributed by atoms with van der Waals surface area (Å²) in [5, 5.41) is 12.9. The van der Waals surface area contributed by atoms with Crippen molar-refractivity contribution in [2.24, 2.45) is 13.0 Å². The second-order valence-corrected chi connectivity index (χ2v) is 7.81. The first kappa shape index (κ1) is 26.2. The van der Waals surface area contributed by atoms with Gasteiger partial charge in [0.1, 0.15) is 17.4 Å². The highest BCUT2D eigenvalue weighted by atomic mass is 35.5. The van der Waals surface area contributed by atoms with E-state index in [1.54, 1.807) is 10.7 Å². The van der Waals surface area contributed by atoms with Gasteiger partial charge in [-0.25, -0.2) is 4.52 Å². The van der Waals surface area contributed by atoms with Crippen molar-refractivity contribution < 1.29 is 9.47 Å². The average Bonchev–Trinajstić information content (AvgIpc) is 3.54. The van der Waals surface area contributed by atoms with Crippen LogP contribution in [0.1, 0.15) is 52.3 Å². The third-order valence-corrected chi connectivity index (χ3v) is 5.80. The topological polar surface area (TPSA) is 65.6 Å². The first-order valence-corrected chi connectivity index (χ1v) is 12.0. The summed E-state index contributed by atoms with van der Waals surface area (Å²) in [6.07, 6.45) is 4.64. The molecule has 1 aliphatic rings. The quantitative estimate of drug-likeness (QED) is 0.539. The maximum Gasteiger partial charge on any atom is 0.147 e. The number of pyridine rings is 1. The number of ether oxygens (including phenoxy) is 2. The Kier molecular flexibility index (Phi) is 10.0. The van der Waals surface area contributed by atoms with Gasteiger partial charge in [0, 0.05) is 37.9 Å². The highest BCUT2D eigenvalue weighted by Crippen LogP contribution is 2.35. The fourth-order valence-electron chi connectivity index (χ4n) is 3.84. The van der Waals surface area contributed by atoms with Crippen LogP contribution in [0.2, 0.25) is 5.02 Å². The van der Waals surface area contributed by atoms with Crippen molar-refractivity contribution in [3.05, 3.63) is 34.7 Å². The highest BCUT2D eigenvalue weighted by molar-refractivity contribution is 6.34. The standard InChI is InChI=1S/C20H26ClN5O2.2C2H6/c1-12-17(9-22-3)25(4)24-19(12)15-7-18(20-16(21)8-23-26(20)10-15)28-13(2)14-5-6-27-11-14;2*1-2/h7-8,10,13-14,22H,5-6,9,11H2,1-4H3;2*1-2H3. The highest BCUT2D eigenvalue weighted by Gasteiger charge is 2.25. The predicted octanol–water partition coefficient (Wildman–Crippen LogP) is 5.27. The van der Waals surface area contributed by atoms with Crippen molar-refractivity contribution in [3.8, 4) is 17.0 Å². The zero-order chi connectivity index (χ0) is 23.8. The summed E-state index contributed by atoms with van der Waals surface area (Å²) in [5.74, 6) is 1.10. The number of hydrogen-bond acceptors (Lipinski definition) is 5. The fraction of sp³-hybridized carbons (Fsp3) is 0.583. The Morgan fingerprint density at radius 3 is 2.66 bits per heavy atom. The minimum Gasteiger partial charge on any atom is -0.488 e. The molecule has 4 heterocycles. The van der Waals surface area contributed by atoms with Gasteiger partial charge >= 0.3 is 0 Å². The van der Waals surface area contributed by atoms with Gasteiger partial charge in [-0.05, 0) is 38.9 Å². The largest absolute Gasteiger partial charge is 0.488 e. The lowest BCUT2D eigenvalue weighted by atomic mass is 10.0. The molecule has 1 saturated heterocycles. The molecule has 2 atom stereocenters. The van der Waals surface area contributed by atoms with Crippen molar-refractivity contribution in [1.29, 1.82) is 0 Å². The van der Waals surface area contributed by atoms with Gasteiger partial charge in [0.25, 0.3) is 0 Å². The van der Waals surface area contributed by atoms with Crippen LogP contribution in [0, 0.1) is 12.8 Å². The van der Waals surface area contributed by atoms with Crippen LogP contribution in [-0.4, -0.2) is 45.8 Å². The van der Waals surface area contributed by atoms with Gasteiger partial charge < -0.3 is 14.8 Å². The lowest BCUT2D eigenvalue weighted by Gasteiger charge is -2.21. The minimum atomic E-state index is 0.0252. The van der Waals surface area contributed by atoms with E-state index in [0.717, 1.165) is 60.0 Å². The molecule has 0 spiro atoms. The molecule has 3 aromatic rings. The Balaban J connectivity index is 0.000000860. The van der Waals surface area contributed by atoms with E-state index in [-0.39, 0.29) is 6.10 Å². The number of hydrogen-bond donors (Lipinski definition) is 1. The summed E-state index contributed by atoms with van der Waals surface area (Å²) < 4.78 is 15.6. The number of rotatable bonds is 6. The van der Waals surface area contributed by atoms with Crippen molar-refractivity contribution in [2.45, 2.75) is 60.6 Å². The van der Waals surface area contributed by atoms with Gasteiger partial charge in [0.2, 0.25) is 0 Å². The molecule has 1 aliphatic heterocycles. The Hall–Kier alpha value is -2.09. The molecule has 1 fully saturated rings. The minimum absolute atomic E-state index is 0.0252. The molecular formula is C24H38ClN5O2. The molecule has 0 bridgehead atoms. The molecule has 7 nitrogen and oxygen atoms in total. The molecule has 3 aromatic heterocycles. The lowest BCUT2D eigenvalue weighted by Crippen LogP contribution is -2.24. The van der Waals surface area contributed by atoms with E-state index in [0.29, 0.717) is 10.9 Å². The number of aromatic nitrogens is 4. The molecule has 4 rings (SSSR count). The van der Waals surface area contributed by atoms with Crippen molar-refractivity contribution in [3.63, 3.8) is 0 Å². The molecule has 8 heteroatoms. The summed E-state index contributed by atoms with van der Waals surface area (Å²) in [7, 11) is 3.90. The SMILES string of the molecule is CC.CC.CNCc1c(C)c(-c2cc(OC(C)C3CCOC3)c3c(Cl)cnn3c2)nn1C. The zero-order valence-corrected chi connectivity index (χ0v) is 21.5. The van der Waals surface area contributed by atoms with Crippen LogP contribution in [0.25, 0.3) is 16.8 Å². The second kappa shape index (κ2) is 12.2. The Labute approximate surface area is 197 Å². The molecule has 0 aromatic carbocycles. The van der Waals surface area contributed by atoms with Gasteiger partial charge in [-0.15, -0.1) is 0 Å². The van der Waals surface area contributed by atoms with E-state index in [1.807, 2.05) is 58.7 Å². The summed E-state index contributed by atoms with van der Waals surface area (Å²) in [4.78, 5) is 0. The molecule has 1 N–H and O–H groups in total. The molecular weight excluding hydrogens is 426 g/mol. The summed E-state index contributed by atoms with van der Waals surface area (Å²) in [5.41, 5.74) is 4.93. The van der Waals surface area contributed by atoms with Gasteiger partial charge in [-0.2, -0.15) is 10.2 Å². The van der Waals surface area contributed by atoms with Crippen molar-refractivity contribution >= 4 is 17.1 Å². The maximum atomic E-state index is 6.41. The van der Waals surface area contributed by atoms with Gasteiger partial charge in [0.05, 0.1) is 29.2 Å². The number of halogens is 1. The maximum absolute atomic E-state index is 6.41. The van der Waals surface area contributed by atoms with Crippen LogP contribution >= 0.6 is 11.6 Å². The summed E-state index contributed by atoms with van der Waals surface area (Å²) in [6.45, 7) is 14.5. The normalized spacial score (nSPS) is 16.2. The lowest BCUT2D eigenvalue weighted by molar-refractivity contribution is 0.124. The summed E-state index contributed by atoms with van der Waals surface area (Å²) in [6, 6.07) is 2.02. The molecule has 0 amide bonds. The second-order valence-electron chi connectivity index (χ2n) is 7.40. The van der Waals surface area contributed by atoms with Crippen LogP contribution in [0.15, 0.2) is 18.5 Å². The molecule has 0 aliphatic carbocycles. The van der Waals surface area contributed by atoms with Gasteiger partial charge in [0.15, 0.2) is 0 Å². The van der Waals surface area contributed by atoms with E-state index >= 15 is 0 Å². The summed E-state index contributed by atoms with van der Waals surface area (Å²) >= 11 is 6.41. The number of fused-ring (bicyclic) bond motifs is 1. The Bertz CT molecular complexity index is 992. The number of nitrogens with zero attached hydrogens (tertiary/aromatic N) is 4. The first-order valence-electron chi connectivity index (χ1n) is 11.6. The Morgan fingerprint density at radius 2 is 2.03 bits per heavy atom. The molecule has 2 unspecified atom stereocenters. The van der Waals surface area contributed by atoms with E-state index < -0.39 is 0 Å². The smallest absolute Gasteiger partial charge is 0.147 e. The van der Waals surface area contributed by atoms with Gasteiger partial charge in [-0.3, -0.25) is 4.68 Å². The average molecular weight is 464 g/mol. The third-order valence-electron chi connectivity index (χ3n) is 5.52. The third kappa shape index (κ3) is 5.45. The van der Waals surface area contributed by atoms with Crippen LogP contribution in [-0.2, 0) is 18.3 Å². The van der Waals surface area contributed by atoms with E-state index in [1.165, 1.54) is 0 Å². The van der Waals surface area contributed by atoms with E-state index in [9.17, 15) is 0 Å². The van der Waals surface area contributed by atoms with Crippen molar-refractivity contribution in [1.82, 2.24) is 24.7 Å². The van der Waals surface area contributed by atoms with Crippen LogP contribution < -0.4 is 10.1 Å². The van der Waals surface area contributed by atoms with Crippen LogP contribution in [0.5, 0.6) is 5.75 Å². The monoisotopic (exact) mass is 463 g/mol. The predicted molar refractivity (Wildman–Crippen MR) is 132 cm³/mol. The molecule has 0 radical (unpaired) electrons. The van der Waals surface area contributed by atoms with Crippen molar-refractivity contribution in [2.75, 3.05) is 20.3 Å². The van der Waals surface area contributed by atoms with E-state index in [4.69, 9.17) is 26.2 Å². The molecule has 32 heavy (non-hydrogen) atoms. The number of nitrogens with one attached hydrogen (secondary N) is 1. The van der Waals surface area contributed by atoms with Gasteiger partial charge in [-0.1, -0.05) is 39.3 Å². The first-order chi connectivity index (χ1) is 15.5. The molecule has 178 valence electrons. The van der Waals surface area contributed by atoms with Crippen LogP contribution in [0.3, 0.4) is 0 Å². The van der Waals surface area contributed by atoms with Crippen LogP contribution in [0.4, 0.5) is 0 Å². The fourth-order valence-corrected chi connectivity index (χ4v) is 4.06. The molecule has 0 saturated carbocycles. The number of aryl methyl sites for hydroxylation is 1. The Morgan fingerprint density at radius 1 is 1.31 bits per heavy atom.